The van der Waals surface area contributed by atoms with E-state index in [4.69, 9.17) is 16.3 Å². The third-order valence-corrected chi connectivity index (χ3v) is 4.34. The predicted octanol–water partition coefficient (Wildman–Crippen LogP) is 4.03. The molecule has 6 heteroatoms. The predicted molar refractivity (Wildman–Crippen MR) is 89.1 cm³/mol. The van der Waals surface area contributed by atoms with Gasteiger partial charge in [0.25, 0.3) is 0 Å². The maximum absolute atomic E-state index is 6.36. The maximum atomic E-state index is 6.36. The SMILES string of the molecule is CCNC(c1cc(OC)ccc1Br)c1c(Cl)cnn1CC. The number of ether oxygens (including phenoxy) is 1. The Morgan fingerprint density at radius 3 is 2.81 bits per heavy atom. The number of halogens is 2. The zero-order valence-corrected chi connectivity index (χ0v) is 14.7. The summed E-state index contributed by atoms with van der Waals surface area (Å²) < 4.78 is 8.27. The molecular weight excluding hydrogens is 354 g/mol. The average molecular weight is 373 g/mol. The molecule has 0 radical (unpaired) electrons. The minimum absolute atomic E-state index is 0.0468. The molecule has 0 aliphatic rings. The largest absolute Gasteiger partial charge is 0.497 e. The summed E-state index contributed by atoms with van der Waals surface area (Å²) in [4.78, 5) is 0. The van der Waals surface area contributed by atoms with Gasteiger partial charge >= 0.3 is 0 Å². The van der Waals surface area contributed by atoms with E-state index in [0.29, 0.717) is 5.02 Å². The number of aromatic nitrogens is 2. The van der Waals surface area contributed by atoms with Crippen molar-refractivity contribution in [1.82, 2.24) is 15.1 Å². The number of aryl methyl sites for hydroxylation is 1. The van der Waals surface area contributed by atoms with E-state index < -0.39 is 0 Å². The third-order valence-electron chi connectivity index (χ3n) is 3.33. The van der Waals surface area contributed by atoms with Crippen LogP contribution in [-0.2, 0) is 6.54 Å². The second-order valence-electron chi connectivity index (χ2n) is 4.57. The second kappa shape index (κ2) is 7.29. The van der Waals surface area contributed by atoms with E-state index in [1.54, 1.807) is 13.3 Å². The molecule has 0 spiro atoms. The van der Waals surface area contributed by atoms with Crippen LogP contribution in [0.25, 0.3) is 0 Å². The van der Waals surface area contributed by atoms with Gasteiger partial charge in [0.15, 0.2) is 0 Å². The number of benzene rings is 1. The van der Waals surface area contributed by atoms with Crippen LogP contribution in [0.2, 0.25) is 5.02 Å². The lowest BCUT2D eigenvalue weighted by Gasteiger charge is -2.22. The minimum Gasteiger partial charge on any atom is -0.497 e. The van der Waals surface area contributed by atoms with Gasteiger partial charge in [0.1, 0.15) is 5.75 Å². The fourth-order valence-electron chi connectivity index (χ4n) is 2.34. The summed E-state index contributed by atoms with van der Waals surface area (Å²) in [7, 11) is 1.67. The smallest absolute Gasteiger partial charge is 0.119 e. The second-order valence-corrected chi connectivity index (χ2v) is 5.83. The first-order chi connectivity index (χ1) is 10.1. The quantitative estimate of drug-likeness (QED) is 0.832. The monoisotopic (exact) mass is 371 g/mol. The molecule has 1 aromatic carbocycles. The molecule has 1 N–H and O–H groups in total. The Balaban J connectivity index is 2.55. The lowest BCUT2D eigenvalue weighted by Crippen LogP contribution is -2.25. The Morgan fingerprint density at radius 1 is 1.43 bits per heavy atom. The molecule has 0 aliphatic heterocycles. The van der Waals surface area contributed by atoms with Gasteiger partial charge in [-0.1, -0.05) is 34.5 Å². The van der Waals surface area contributed by atoms with Crippen molar-refractivity contribution in [3.63, 3.8) is 0 Å². The topological polar surface area (TPSA) is 39.1 Å². The fourth-order valence-corrected chi connectivity index (χ4v) is 3.06. The molecule has 0 amide bonds. The van der Waals surface area contributed by atoms with Gasteiger partial charge in [0.2, 0.25) is 0 Å². The normalized spacial score (nSPS) is 12.4. The molecule has 0 saturated carbocycles. The summed E-state index contributed by atoms with van der Waals surface area (Å²) in [6.07, 6.45) is 1.69. The molecule has 1 atom stereocenters. The molecule has 1 aromatic heterocycles. The highest BCUT2D eigenvalue weighted by molar-refractivity contribution is 9.10. The fraction of sp³-hybridized carbons (Fsp3) is 0.400. The Labute approximate surface area is 138 Å². The van der Waals surface area contributed by atoms with Crippen molar-refractivity contribution < 1.29 is 4.74 Å². The number of rotatable bonds is 6. The standard InChI is InChI=1S/C15H19BrClN3O/c1-4-18-14(15-13(17)9-19-20(15)5-2)11-8-10(21-3)6-7-12(11)16/h6-9,14,18H,4-5H2,1-3H3. The van der Waals surface area contributed by atoms with Crippen LogP contribution in [0.3, 0.4) is 0 Å². The lowest BCUT2D eigenvalue weighted by molar-refractivity contribution is 0.413. The van der Waals surface area contributed by atoms with E-state index in [1.165, 1.54) is 0 Å². The van der Waals surface area contributed by atoms with Crippen LogP contribution in [0.1, 0.15) is 31.1 Å². The molecule has 0 saturated heterocycles. The number of methoxy groups -OCH3 is 1. The van der Waals surface area contributed by atoms with Crippen molar-refractivity contribution in [1.29, 1.82) is 0 Å². The van der Waals surface area contributed by atoms with Crippen LogP contribution >= 0.6 is 27.5 Å². The Kier molecular flexibility index (Phi) is 5.67. The molecule has 2 rings (SSSR count). The van der Waals surface area contributed by atoms with Crippen molar-refractivity contribution in [2.45, 2.75) is 26.4 Å². The summed E-state index contributed by atoms with van der Waals surface area (Å²) in [5, 5.41) is 8.48. The molecule has 0 aliphatic carbocycles. The van der Waals surface area contributed by atoms with E-state index in [-0.39, 0.29) is 6.04 Å². The van der Waals surface area contributed by atoms with Crippen LogP contribution in [0, 0.1) is 0 Å². The molecule has 0 bridgehead atoms. The first-order valence-electron chi connectivity index (χ1n) is 6.90. The molecule has 1 heterocycles. The summed E-state index contributed by atoms with van der Waals surface area (Å²) in [6.45, 7) is 5.71. The number of nitrogens with one attached hydrogen (secondary N) is 1. The first-order valence-corrected chi connectivity index (χ1v) is 8.07. The van der Waals surface area contributed by atoms with Gasteiger partial charge in [-0.05, 0) is 37.2 Å². The van der Waals surface area contributed by atoms with Gasteiger partial charge in [-0.3, -0.25) is 4.68 Å². The zero-order valence-electron chi connectivity index (χ0n) is 12.4. The Bertz CT molecular complexity index is 615. The van der Waals surface area contributed by atoms with Crippen molar-refractivity contribution >= 4 is 27.5 Å². The van der Waals surface area contributed by atoms with Crippen LogP contribution in [0.4, 0.5) is 0 Å². The summed E-state index contributed by atoms with van der Waals surface area (Å²) in [5.74, 6) is 0.815. The Morgan fingerprint density at radius 2 is 2.19 bits per heavy atom. The summed E-state index contributed by atoms with van der Waals surface area (Å²) in [6, 6.07) is 5.88. The highest BCUT2D eigenvalue weighted by atomic mass is 79.9. The summed E-state index contributed by atoms with van der Waals surface area (Å²) in [5.41, 5.74) is 2.04. The number of hydrogen-bond donors (Lipinski definition) is 1. The molecule has 114 valence electrons. The number of nitrogens with zero attached hydrogens (tertiary/aromatic N) is 2. The van der Waals surface area contributed by atoms with Crippen molar-refractivity contribution in [2.24, 2.45) is 0 Å². The third kappa shape index (κ3) is 3.42. The van der Waals surface area contributed by atoms with Crippen molar-refractivity contribution in [2.75, 3.05) is 13.7 Å². The van der Waals surface area contributed by atoms with Gasteiger partial charge in [0.05, 0.1) is 30.1 Å². The average Bonchev–Trinajstić information content (AvgIpc) is 2.86. The van der Waals surface area contributed by atoms with Crippen LogP contribution in [0.15, 0.2) is 28.9 Å². The van der Waals surface area contributed by atoms with E-state index in [9.17, 15) is 0 Å². The van der Waals surface area contributed by atoms with Gasteiger partial charge in [0, 0.05) is 11.0 Å². The number of hydrogen-bond acceptors (Lipinski definition) is 3. The molecule has 2 aromatic rings. The lowest BCUT2D eigenvalue weighted by atomic mass is 10.0. The van der Waals surface area contributed by atoms with Crippen LogP contribution < -0.4 is 10.1 Å². The van der Waals surface area contributed by atoms with Gasteiger partial charge < -0.3 is 10.1 Å². The molecule has 21 heavy (non-hydrogen) atoms. The highest BCUT2D eigenvalue weighted by Crippen LogP contribution is 2.34. The Hall–Kier alpha value is -1.04. The minimum atomic E-state index is -0.0468. The van der Waals surface area contributed by atoms with Gasteiger partial charge in [-0.15, -0.1) is 0 Å². The molecular formula is C15H19BrClN3O. The van der Waals surface area contributed by atoms with Crippen molar-refractivity contribution in [3.8, 4) is 5.75 Å². The van der Waals surface area contributed by atoms with E-state index in [1.807, 2.05) is 22.9 Å². The summed E-state index contributed by atoms with van der Waals surface area (Å²) >= 11 is 9.98. The van der Waals surface area contributed by atoms with Gasteiger partial charge in [-0.25, -0.2) is 0 Å². The zero-order chi connectivity index (χ0) is 15.4. The van der Waals surface area contributed by atoms with Crippen molar-refractivity contribution in [3.05, 3.63) is 45.1 Å². The van der Waals surface area contributed by atoms with E-state index >= 15 is 0 Å². The van der Waals surface area contributed by atoms with Gasteiger partial charge in [-0.2, -0.15) is 5.10 Å². The van der Waals surface area contributed by atoms with E-state index in [0.717, 1.165) is 34.6 Å². The molecule has 0 fully saturated rings. The van der Waals surface area contributed by atoms with E-state index in [2.05, 4.69) is 40.2 Å². The molecule has 1 unspecified atom stereocenters. The van der Waals surface area contributed by atoms with Crippen LogP contribution in [-0.4, -0.2) is 23.4 Å². The highest BCUT2D eigenvalue weighted by Gasteiger charge is 2.23. The maximum Gasteiger partial charge on any atom is 0.119 e. The molecule has 4 nitrogen and oxygen atoms in total. The van der Waals surface area contributed by atoms with Crippen LogP contribution in [0.5, 0.6) is 5.75 Å². The first kappa shape index (κ1) is 16.3.